The highest BCUT2D eigenvalue weighted by molar-refractivity contribution is 7.80. The predicted molar refractivity (Wildman–Crippen MR) is 262 cm³/mol. The molecule has 65 heavy (non-hydrogen) atoms. The Hall–Kier alpha value is -1.68. The van der Waals surface area contributed by atoms with Gasteiger partial charge in [0.15, 0.2) is 6.29 Å². The zero-order chi connectivity index (χ0) is 47.5. The van der Waals surface area contributed by atoms with Crippen molar-refractivity contribution in [2.24, 2.45) is 0 Å². The molecule has 1 aliphatic rings. The Morgan fingerprint density at radius 3 is 1.51 bits per heavy atom. The maximum atomic E-state index is 12.9. The lowest BCUT2D eigenvalue weighted by Gasteiger charge is -2.41. The van der Waals surface area contributed by atoms with E-state index in [1.165, 1.54) is 135 Å². The summed E-state index contributed by atoms with van der Waals surface area (Å²) in [4.78, 5) is 12.9. The van der Waals surface area contributed by atoms with Crippen LogP contribution in [0.25, 0.3) is 0 Å². The summed E-state index contributed by atoms with van der Waals surface area (Å²) in [5, 5.41) is 30.7. The first kappa shape index (κ1) is 61.3. The molecule has 1 saturated heterocycles. The van der Waals surface area contributed by atoms with E-state index in [4.69, 9.17) is 18.9 Å². The number of carbonyl (C=O) groups excluding carboxylic acids is 1. The van der Waals surface area contributed by atoms with Crippen LogP contribution in [-0.2, 0) is 38.3 Å². The Morgan fingerprint density at radius 2 is 1.02 bits per heavy atom. The van der Waals surface area contributed by atoms with Gasteiger partial charge in [-0.05, 0) is 70.6 Å². The van der Waals surface area contributed by atoms with E-state index in [-0.39, 0.29) is 19.6 Å². The summed E-state index contributed by atoms with van der Waals surface area (Å²) in [6.45, 7) is 3.96. The van der Waals surface area contributed by atoms with E-state index in [9.17, 15) is 33.1 Å². The van der Waals surface area contributed by atoms with Crippen molar-refractivity contribution in [2.75, 3.05) is 26.4 Å². The maximum absolute atomic E-state index is 12.9. The molecule has 382 valence electrons. The monoisotopic (exact) mass is 945 g/mol. The van der Waals surface area contributed by atoms with Crippen LogP contribution < -0.4 is 0 Å². The third-order valence-electron chi connectivity index (χ3n) is 12.0. The van der Waals surface area contributed by atoms with Crippen LogP contribution in [0.15, 0.2) is 36.5 Å². The van der Waals surface area contributed by atoms with Gasteiger partial charge in [-0.1, -0.05) is 185 Å². The molecule has 0 aromatic rings. The van der Waals surface area contributed by atoms with Gasteiger partial charge in [0.2, 0.25) is 0 Å². The van der Waals surface area contributed by atoms with E-state index in [0.29, 0.717) is 13.0 Å². The SMILES string of the molecule is CCCCC/C=C\CCCCCCCC(=O)OC(COCCCCCCCCCCCCCCCC/C=C\C/C=C\CCCCCCC)COC1OC(CO)C(O)C(OS(=O)(=O)O)C1O. The molecule has 0 radical (unpaired) electrons. The first-order valence-electron chi connectivity index (χ1n) is 26.2. The number of rotatable bonds is 46. The third-order valence-corrected chi connectivity index (χ3v) is 12.5. The van der Waals surface area contributed by atoms with Crippen molar-refractivity contribution >= 4 is 16.4 Å². The van der Waals surface area contributed by atoms with Crippen molar-refractivity contribution in [3.8, 4) is 0 Å². The minimum absolute atomic E-state index is 0.0340. The second-order valence-corrected chi connectivity index (χ2v) is 19.2. The summed E-state index contributed by atoms with van der Waals surface area (Å²) in [5.74, 6) is -0.407. The maximum Gasteiger partial charge on any atom is 0.397 e. The van der Waals surface area contributed by atoms with Crippen LogP contribution in [-0.4, -0.2) is 97.5 Å². The van der Waals surface area contributed by atoms with Gasteiger partial charge >= 0.3 is 16.4 Å². The molecule has 1 fully saturated rings. The lowest BCUT2D eigenvalue weighted by Crippen LogP contribution is -2.60. The van der Waals surface area contributed by atoms with Gasteiger partial charge in [-0.15, -0.1) is 0 Å². The van der Waals surface area contributed by atoms with Crippen LogP contribution in [0.3, 0.4) is 0 Å². The van der Waals surface area contributed by atoms with Gasteiger partial charge in [-0.3, -0.25) is 9.35 Å². The fourth-order valence-electron chi connectivity index (χ4n) is 7.99. The molecule has 0 aliphatic carbocycles. The van der Waals surface area contributed by atoms with E-state index in [0.717, 1.165) is 64.2 Å². The van der Waals surface area contributed by atoms with Crippen molar-refractivity contribution in [3.63, 3.8) is 0 Å². The normalized spacial score (nSPS) is 19.9. The molecule has 12 nitrogen and oxygen atoms in total. The van der Waals surface area contributed by atoms with E-state index < -0.39 is 59.8 Å². The molecule has 1 rings (SSSR count). The van der Waals surface area contributed by atoms with E-state index in [1.807, 2.05) is 0 Å². The molecular weight excluding hydrogens is 849 g/mol. The fraction of sp³-hybridized carbons (Fsp3) is 0.865. The van der Waals surface area contributed by atoms with E-state index >= 15 is 0 Å². The Kier molecular flexibility index (Phi) is 41.1. The average Bonchev–Trinajstić information content (AvgIpc) is 3.28. The number of unbranched alkanes of at least 4 members (excludes halogenated alkanes) is 27. The zero-order valence-electron chi connectivity index (χ0n) is 41.1. The van der Waals surface area contributed by atoms with Gasteiger partial charge in [-0.25, -0.2) is 4.18 Å². The Balaban J connectivity index is 2.27. The summed E-state index contributed by atoms with van der Waals surface area (Å²) in [7, 11) is -5.06. The molecule has 0 saturated carbocycles. The molecule has 6 atom stereocenters. The summed E-state index contributed by atoms with van der Waals surface area (Å²) in [6.07, 6.45) is 43.3. The number of aliphatic hydroxyl groups is 3. The predicted octanol–water partition coefficient (Wildman–Crippen LogP) is 12.1. The molecule has 0 spiro atoms. The Morgan fingerprint density at radius 1 is 0.585 bits per heavy atom. The smallest absolute Gasteiger partial charge is 0.397 e. The summed E-state index contributed by atoms with van der Waals surface area (Å²) >= 11 is 0. The second kappa shape index (κ2) is 43.6. The Bertz CT molecular complexity index is 1270. The summed E-state index contributed by atoms with van der Waals surface area (Å²) in [5.41, 5.74) is 0. The number of carbonyl (C=O) groups is 1. The molecule has 0 aromatic carbocycles. The fourth-order valence-corrected chi connectivity index (χ4v) is 8.50. The molecular formula is C52H96O12S. The van der Waals surface area contributed by atoms with Crippen LogP contribution in [0.2, 0.25) is 0 Å². The minimum Gasteiger partial charge on any atom is -0.457 e. The molecule has 13 heteroatoms. The van der Waals surface area contributed by atoms with Crippen LogP contribution in [0.5, 0.6) is 0 Å². The standard InChI is InChI=1S/C52H96O12S/c1-3-5-7-9-11-13-15-17-18-19-20-21-22-23-24-25-26-27-28-29-30-32-34-36-38-40-42-60-44-46(62-48(54)41-39-37-35-33-31-16-14-12-10-8-6-4-2)45-61-52-50(56)51(64-65(57,58)59)49(55)47(43-53)63-52/h12,14-15,17,19-20,46-47,49-53,55-56H,3-11,13,16,18,21-45H2,1-2H3,(H,57,58,59)/b14-12-,17-15-,20-19-. The van der Waals surface area contributed by atoms with Gasteiger partial charge in [0.25, 0.3) is 0 Å². The molecule has 0 bridgehead atoms. The summed E-state index contributed by atoms with van der Waals surface area (Å²) in [6, 6.07) is 0. The number of allylic oxidation sites excluding steroid dienone is 6. The number of aliphatic hydroxyl groups excluding tert-OH is 3. The van der Waals surface area contributed by atoms with Gasteiger partial charge in [0, 0.05) is 13.0 Å². The second-order valence-electron chi connectivity index (χ2n) is 18.1. The van der Waals surface area contributed by atoms with Crippen molar-refractivity contribution in [1.82, 2.24) is 0 Å². The zero-order valence-corrected chi connectivity index (χ0v) is 41.9. The number of ether oxygens (including phenoxy) is 4. The topological polar surface area (TPSA) is 178 Å². The van der Waals surface area contributed by atoms with E-state index in [1.54, 1.807) is 0 Å². The number of esters is 1. The highest BCUT2D eigenvalue weighted by Crippen LogP contribution is 2.26. The van der Waals surface area contributed by atoms with Crippen molar-refractivity contribution in [3.05, 3.63) is 36.5 Å². The van der Waals surface area contributed by atoms with Gasteiger partial charge in [-0.2, -0.15) is 8.42 Å². The molecule has 1 heterocycles. The number of hydrogen-bond donors (Lipinski definition) is 4. The molecule has 4 N–H and O–H groups in total. The van der Waals surface area contributed by atoms with Crippen molar-refractivity contribution in [1.29, 1.82) is 0 Å². The van der Waals surface area contributed by atoms with Crippen LogP contribution in [0.4, 0.5) is 0 Å². The largest absolute Gasteiger partial charge is 0.457 e. The number of hydrogen-bond acceptors (Lipinski definition) is 11. The molecule has 0 amide bonds. The highest BCUT2D eigenvalue weighted by atomic mass is 32.3. The molecule has 1 aliphatic heterocycles. The lowest BCUT2D eigenvalue weighted by molar-refractivity contribution is -0.301. The minimum atomic E-state index is -5.06. The quantitative estimate of drug-likeness (QED) is 0.0197. The first-order valence-corrected chi connectivity index (χ1v) is 27.6. The summed E-state index contributed by atoms with van der Waals surface area (Å²) < 4.78 is 59.2. The first-order chi connectivity index (χ1) is 31.6. The van der Waals surface area contributed by atoms with Crippen LogP contribution in [0, 0.1) is 0 Å². The van der Waals surface area contributed by atoms with E-state index in [2.05, 4.69) is 54.5 Å². The van der Waals surface area contributed by atoms with Crippen LogP contribution >= 0.6 is 0 Å². The highest BCUT2D eigenvalue weighted by Gasteiger charge is 2.48. The van der Waals surface area contributed by atoms with Gasteiger partial charge in [0.1, 0.15) is 30.5 Å². The molecule has 0 aromatic heterocycles. The van der Waals surface area contributed by atoms with Gasteiger partial charge in [0.05, 0.1) is 19.8 Å². The third kappa shape index (κ3) is 37.0. The van der Waals surface area contributed by atoms with Gasteiger partial charge < -0.3 is 34.3 Å². The molecule has 6 unspecified atom stereocenters. The average molecular weight is 945 g/mol. The lowest BCUT2D eigenvalue weighted by atomic mass is 9.99. The Labute approximate surface area is 396 Å². The van der Waals surface area contributed by atoms with Crippen LogP contribution in [0.1, 0.15) is 226 Å². The van der Waals surface area contributed by atoms with Crippen molar-refractivity contribution in [2.45, 2.75) is 263 Å². The van der Waals surface area contributed by atoms with Crippen molar-refractivity contribution < 1.29 is 56.2 Å².